The summed E-state index contributed by atoms with van der Waals surface area (Å²) in [4.78, 5) is 36.8. The van der Waals surface area contributed by atoms with E-state index in [-0.39, 0.29) is 41.2 Å². The topological polar surface area (TPSA) is 128 Å². The Labute approximate surface area is 267 Å². The lowest BCUT2D eigenvalue weighted by molar-refractivity contribution is -0.146. The van der Waals surface area contributed by atoms with Crippen molar-refractivity contribution in [1.29, 1.82) is 0 Å². The average molecular weight is 630 g/mol. The lowest BCUT2D eigenvalue weighted by Gasteiger charge is -2.27. The number of amides is 1. The minimum absolute atomic E-state index is 0.00384. The van der Waals surface area contributed by atoms with Crippen molar-refractivity contribution in [1.82, 2.24) is 19.5 Å². The number of nitrogens with one attached hydrogen (secondary N) is 1. The van der Waals surface area contributed by atoms with Crippen LogP contribution in [0.15, 0.2) is 6.33 Å². The number of carbonyl (C=O) groups excluding carboxylic acids is 2. The Hall–Kier alpha value is -3.10. The summed E-state index contributed by atoms with van der Waals surface area (Å²) in [5.74, 6) is 1.86. The molecule has 1 aliphatic heterocycles. The van der Waals surface area contributed by atoms with Crippen LogP contribution in [0.2, 0.25) is 0 Å². The molecule has 0 radical (unpaired) electrons. The highest BCUT2D eigenvalue weighted by atomic mass is 19.1. The molecule has 0 spiro atoms. The molecule has 0 aliphatic carbocycles. The van der Waals surface area contributed by atoms with Gasteiger partial charge in [0.25, 0.3) is 0 Å². The van der Waals surface area contributed by atoms with E-state index in [1.54, 1.807) is 0 Å². The van der Waals surface area contributed by atoms with Crippen molar-refractivity contribution in [3.05, 3.63) is 12.4 Å². The van der Waals surface area contributed by atoms with Gasteiger partial charge in [-0.05, 0) is 32.1 Å². The molecular weight excluding hydrogens is 577 g/mol. The molecule has 2 aromatic rings. The molecule has 1 saturated heterocycles. The van der Waals surface area contributed by atoms with Crippen LogP contribution in [0.25, 0.3) is 11.2 Å². The number of methoxy groups -OCH3 is 1. The second-order valence-electron chi connectivity index (χ2n) is 12.3. The molecule has 0 saturated carbocycles. The molecule has 10 nitrogen and oxygen atoms in total. The van der Waals surface area contributed by atoms with E-state index in [0.717, 1.165) is 25.7 Å². The third kappa shape index (κ3) is 10.5. The van der Waals surface area contributed by atoms with E-state index >= 15 is 0 Å². The number of aromatic nitrogens is 4. The summed E-state index contributed by atoms with van der Waals surface area (Å²) in [5, 5.41) is 13.7. The van der Waals surface area contributed by atoms with Gasteiger partial charge in [-0.3, -0.25) is 14.2 Å². The maximum atomic E-state index is 14.6. The van der Waals surface area contributed by atoms with E-state index in [4.69, 9.17) is 15.9 Å². The van der Waals surface area contributed by atoms with Crippen molar-refractivity contribution < 1.29 is 28.6 Å². The highest BCUT2D eigenvalue weighted by molar-refractivity contribution is 5.96. The monoisotopic (exact) mass is 629 g/mol. The molecule has 2 aromatic heterocycles. The molecule has 1 unspecified atom stereocenters. The van der Waals surface area contributed by atoms with Gasteiger partial charge in [0.1, 0.15) is 6.23 Å². The number of rotatable bonds is 21. The summed E-state index contributed by atoms with van der Waals surface area (Å²) < 4.78 is 27.2. The van der Waals surface area contributed by atoms with Crippen molar-refractivity contribution in [3.8, 4) is 12.3 Å². The van der Waals surface area contributed by atoms with Crippen molar-refractivity contribution >= 4 is 28.9 Å². The van der Waals surface area contributed by atoms with Crippen LogP contribution in [-0.2, 0) is 19.1 Å². The lowest BCUT2D eigenvalue weighted by Crippen LogP contribution is -2.38. The number of anilines is 1. The second kappa shape index (κ2) is 18.8. The van der Waals surface area contributed by atoms with Crippen LogP contribution in [0, 0.1) is 24.3 Å². The number of unbranched alkanes of at least 4 members (excludes halogenated alkanes) is 10. The lowest BCUT2D eigenvalue weighted by atomic mass is 9.88. The number of hydrogen-bond acceptors (Lipinski definition) is 8. The Balaban J connectivity index is 1.54. The van der Waals surface area contributed by atoms with E-state index in [9.17, 15) is 19.1 Å². The van der Waals surface area contributed by atoms with E-state index in [1.807, 2.05) is 6.92 Å². The van der Waals surface area contributed by atoms with Crippen LogP contribution < -0.4 is 5.32 Å². The smallest absolute Gasteiger partial charge is 0.312 e. The van der Waals surface area contributed by atoms with Gasteiger partial charge < -0.3 is 19.9 Å². The zero-order valence-corrected chi connectivity index (χ0v) is 27.4. The van der Waals surface area contributed by atoms with Crippen molar-refractivity contribution in [2.45, 2.75) is 147 Å². The van der Waals surface area contributed by atoms with E-state index < -0.39 is 24.0 Å². The average Bonchev–Trinajstić information content (AvgIpc) is 3.59. The minimum Gasteiger partial charge on any atom is -0.469 e. The largest absolute Gasteiger partial charge is 0.469 e. The van der Waals surface area contributed by atoms with Crippen molar-refractivity contribution in [2.75, 3.05) is 12.4 Å². The number of halogens is 1. The van der Waals surface area contributed by atoms with E-state index in [1.165, 1.54) is 69.4 Å². The van der Waals surface area contributed by atoms with Crippen molar-refractivity contribution in [2.24, 2.45) is 5.92 Å². The summed E-state index contributed by atoms with van der Waals surface area (Å²) in [6.07, 6.45) is 21.0. The first-order chi connectivity index (χ1) is 21.8. The molecule has 2 N–H and O–H groups in total. The summed E-state index contributed by atoms with van der Waals surface area (Å²) in [7, 11) is 1.38. The zero-order valence-electron chi connectivity index (χ0n) is 27.4. The summed E-state index contributed by atoms with van der Waals surface area (Å²) in [5.41, 5.74) is -0.933. The standard InChI is InChI=1S/C34H52FN5O5/c1-5-8-9-10-11-12-13-14-15-16-17-21-27(42)37-30-29-31(39-33(35)38-30)40(24-36-29)28-23-26(41)34(7-3,45-28)22-18-20-25(19-6-2)32(43)44-4/h3,24-26,28,41H,5-6,8-23H2,1-2,4H3,(H,37,38,39,42)/t25?,26-,28+,34-/m0/s1. The third-order valence-corrected chi connectivity index (χ3v) is 8.80. The summed E-state index contributed by atoms with van der Waals surface area (Å²) in [6, 6.07) is 0. The Morgan fingerprint density at radius 1 is 1.09 bits per heavy atom. The molecule has 1 fully saturated rings. The molecule has 0 bridgehead atoms. The number of aliphatic hydroxyl groups excluding tert-OH is 1. The number of aliphatic hydroxyl groups is 1. The molecule has 4 atom stereocenters. The SMILES string of the molecule is C#C[C@@]1(CCCC(CCC)C(=O)OC)O[C@@H](n2cnc3c(NC(=O)CCCCCCCCCCCCC)nc(F)nc32)C[C@@H]1O. The van der Waals surface area contributed by atoms with Gasteiger partial charge in [-0.15, -0.1) is 6.42 Å². The van der Waals surface area contributed by atoms with Crippen LogP contribution in [0.4, 0.5) is 10.2 Å². The highest BCUT2D eigenvalue weighted by Gasteiger charge is 2.47. The van der Waals surface area contributed by atoms with Gasteiger partial charge in [-0.25, -0.2) is 4.98 Å². The Kier molecular flexibility index (Phi) is 15.2. The number of nitrogens with zero attached hydrogens (tertiary/aromatic N) is 4. The van der Waals surface area contributed by atoms with Crippen LogP contribution in [0.5, 0.6) is 0 Å². The van der Waals surface area contributed by atoms with Gasteiger partial charge in [0.05, 0.1) is 25.5 Å². The van der Waals surface area contributed by atoms with Crippen LogP contribution in [-0.4, -0.2) is 55.3 Å². The predicted octanol–water partition coefficient (Wildman–Crippen LogP) is 7.02. The van der Waals surface area contributed by atoms with E-state index in [0.29, 0.717) is 32.1 Å². The molecule has 0 aromatic carbocycles. The van der Waals surface area contributed by atoms with Gasteiger partial charge in [0, 0.05) is 12.8 Å². The van der Waals surface area contributed by atoms with Gasteiger partial charge in [0.2, 0.25) is 5.91 Å². The third-order valence-electron chi connectivity index (χ3n) is 8.80. The number of hydrogen-bond donors (Lipinski definition) is 2. The first-order valence-electron chi connectivity index (χ1n) is 16.9. The first-order valence-corrected chi connectivity index (χ1v) is 16.9. The first kappa shape index (κ1) is 36.4. The molecule has 3 heterocycles. The molecule has 45 heavy (non-hydrogen) atoms. The Morgan fingerprint density at radius 2 is 1.76 bits per heavy atom. The fourth-order valence-corrected chi connectivity index (χ4v) is 6.19. The maximum Gasteiger partial charge on any atom is 0.312 e. The van der Waals surface area contributed by atoms with Crippen LogP contribution >= 0.6 is 0 Å². The summed E-state index contributed by atoms with van der Waals surface area (Å²) >= 11 is 0. The van der Waals surface area contributed by atoms with Gasteiger partial charge >= 0.3 is 12.0 Å². The Bertz CT molecular complexity index is 1260. The fourth-order valence-electron chi connectivity index (χ4n) is 6.19. The fraction of sp³-hybridized carbons (Fsp3) is 0.735. The number of ether oxygens (including phenoxy) is 2. The predicted molar refractivity (Wildman–Crippen MR) is 172 cm³/mol. The van der Waals surface area contributed by atoms with E-state index in [2.05, 4.69) is 33.1 Å². The number of imidazole rings is 1. The number of fused-ring (bicyclic) bond motifs is 1. The minimum atomic E-state index is -1.29. The van der Waals surface area contributed by atoms with Gasteiger partial charge in [-0.1, -0.05) is 90.4 Å². The van der Waals surface area contributed by atoms with Crippen molar-refractivity contribution in [3.63, 3.8) is 0 Å². The molecular formula is C34H52FN5O5. The number of esters is 1. The molecule has 1 amide bonds. The molecule has 1 aliphatic rings. The van der Waals surface area contributed by atoms with Gasteiger partial charge in [-0.2, -0.15) is 14.4 Å². The quantitative estimate of drug-likeness (QED) is 0.0653. The maximum absolute atomic E-state index is 14.6. The zero-order chi connectivity index (χ0) is 32.7. The van der Waals surface area contributed by atoms with Crippen LogP contribution in [0.1, 0.15) is 136 Å². The molecule has 250 valence electrons. The molecule has 3 rings (SSSR count). The summed E-state index contributed by atoms with van der Waals surface area (Å²) in [6.45, 7) is 4.23. The number of terminal acetylenes is 1. The van der Waals surface area contributed by atoms with Gasteiger partial charge in [0.15, 0.2) is 22.6 Å². The normalized spacial score (nSPS) is 20.3. The Morgan fingerprint density at radius 3 is 2.38 bits per heavy atom. The second-order valence-corrected chi connectivity index (χ2v) is 12.3. The van der Waals surface area contributed by atoms with Crippen LogP contribution in [0.3, 0.4) is 0 Å². The highest BCUT2D eigenvalue weighted by Crippen LogP contribution is 2.41. The molecule has 11 heteroatoms. The number of carbonyl (C=O) groups is 2.